The first-order valence-electron chi connectivity index (χ1n) is 12.6. The van der Waals surface area contributed by atoms with E-state index in [1.807, 2.05) is 37.3 Å². The molecule has 8 heteroatoms. The third kappa shape index (κ3) is 4.49. The van der Waals surface area contributed by atoms with Gasteiger partial charge in [-0.05, 0) is 60.2 Å². The average Bonchev–Trinajstić information content (AvgIpc) is 3.31. The molecule has 1 spiro atoms. The Balaban J connectivity index is 1.72. The average molecular weight is 554 g/mol. The molecule has 3 N–H and O–H groups in total. The minimum Gasteiger partial charge on any atom is -0.325 e. The van der Waals surface area contributed by atoms with Crippen molar-refractivity contribution in [3.05, 3.63) is 93.2 Å². The van der Waals surface area contributed by atoms with Gasteiger partial charge in [-0.3, -0.25) is 9.59 Å². The first kappa shape index (κ1) is 26.7. The van der Waals surface area contributed by atoms with Crippen LogP contribution in [0.1, 0.15) is 49.8 Å². The minimum absolute atomic E-state index is 0.0654. The number of amides is 2. The van der Waals surface area contributed by atoms with Crippen LogP contribution in [-0.2, 0) is 15.0 Å². The van der Waals surface area contributed by atoms with E-state index in [0.29, 0.717) is 28.4 Å². The van der Waals surface area contributed by atoms with E-state index in [0.717, 1.165) is 5.56 Å². The van der Waals surface area contributed by atoms with Crippen LogP contribution in [0, 0.1) is 18.2 Å². The van der Waals surface area contributed by atoms with E-state index in [4.69, 9.17) is 23.2 Å². The predicted octanol–water partition coefficient (Wildman–Crippen LogP) is 6.83. The fourth-order valence-electron chi connectivity index (χ4n) is 6.01. The molecular formula is C30H30Cl2FN3O2. The van der Waals surface area contributed by atoms with Crippen LogP contribution in [0.5, 0.6) is 0 Å². The molecule has 2 aliphatic rings. The second-order valence-corrected chi connectivity index (χ2v) is 12.3. The van der Waals surface area contributed by atoms with E-state index in [2.05, 4.69) is 36.7 Å². The predicted molar refractivity (Wildman–Crippen MR) is 151 cm³/mol. The van der Waals surface area contributed by atoms with Gasteiger partial charge in [-0.15, -0.1) is 0 Å². The van der Waals surface area contributed by atoms with Crippen molar-refractivity contribution in [2.75, 3.05) is 10.6 Å². The molecular weight excluding hydrogens is 524 g/mol. The van der Waals surface area contributed by atoms with Crippen molar-refractivity contribution in [3.63, 3.8) is 0 Å². The Bertz CT molecular complexity index is 1420. The standard InChI is InChI=1S/C30H30Cl2FN3O2/c1-16-8-11-18(12-9-16)34-27(37)26-24(19-6-5-7-21(32)25(19)33)30(23(36-26)15-29(2,3)4)20-13-10-17(31)14-22(20)35-28(30)38/h5-14,23-24,26,36H,15H2,1-4H3,(H,34,37)(H,35,38)/t23-,24-,26+,30?/m0/s1. The second kappa shape index (κ2) is 9.67. The van der Waals surface area contributed by atoms with Gasteiger partial charge in [-0.1, -0.05) is 79.9 Å². The third-order valence-electron chi connectivity index (χ3n) is 7.54. The van der Waals surface area contributed by atoms with Crippen molar-refractivity contribution in [2.45, 2.75) is 57.5 Å². The molecule has 0 bridgehead atoms. The van der Waals surface area contributed by atoms with Gasteiger partial charge in [0.2, 0.25) is 11.8 Å². The van der Waals surface area contributed by atoms with Gasteiger partial charge in [0.15, 0.2) is 0 Å². The second-order valence-electron chi connectivity index (χ2n) is 11.5. The zero-order valence-corrected chi connectivity index (χ0v) is 23.2. The van der Waals surface area contributed by atoms with E-state index in [9.17, 15) is 9.59 Å². The minimum atomic E-state index is -1.28. The molecule has 0 saturated carbocycles. The molecule has 1 fully saturated rings. The van der Waals surface area contributed by atoms with Crippen LogP contribution >= 0.6 is 23.2 Å². The lowest BCUT2D eigenvalue weighted by Crippen LogP contribution is -2.49. The molecule has 3 aromatic carbocycles. The topological polar surface area (TPSA) is 70.2 Å². The van der Waals surface area contributed by atoms with Crippen LogP contribution < -0.4 is 16.0 Å². The molecule has 1 saturated heterocycles. The maximum Gasteiger partial charge on any atom is 0.242 e. The van der Waals surface area contributed by atoms with Crippen LogP contribution in [0.15, 0.2) is 60.7 Å². The van der Waals surface area contributed by atoms with Crippen molar-refractivity contribution in [2.24, 2.45) is 5.41 Å². The lowest BCUT2D eigenvalue weighted by molar-refractivity contribution is -0.122. The van der Waals surface area contributed by atoms with Crippen molar-refractivity contribution < 1.29 is 14.0 Å². The number of benzene rings is 3. The first-order chi connectivity index (χ1) is 17.9. The Hall–Kier alpha value is -2.93. The first-order valence-corrected chi connectivity index (χ1v) is 13.4. The van der Waals surface area contributed by atoms with Gasteiger partial charge < -0.3 is 16.0 Å². The maximum absolute atomic E-state index is 15.8. The molecule has 5 nitrogen and oxygen atoms in total. The molecule has 0 aliphatic carbocycles. The number of nitrogens with one attached hydrogen (secondary N) is 3. The normalized spacial score (nSPS) is 24.4. The molecule has 2 aliphatic heterocycles. The number of fused-ring (bicyclic) bond motifs is 2. The zero-order valence-electron chi connectivity index (χ0n) is 21.7. The third-order valence-corrected chi connectivity index (χ3v) is 8.07. The summed E-state index contributed by atoms with van der Waals surface area (Å²) in [5, 5.41) is 9.84. The molecule has 3 aromatic rings. The van der Waals surface area contributed by atoms with Crippen LogP contribution in [0.4, 0.5) is 15.8 Å². The summed E-state index contributed by atoms with van der Waals surface area (Å²) in [5.74, 6) is -2.18. The number of carbonyl (C=O) groups excluding carboxylic acids is 2. The summed E-state index contributed by atoms with van der Waals surface area (Å²) in [6, 6.07) is 16.0. The molecule has 38 heavy (non-hydrogen) atoms. The summed E-state index contributed by atoms with van der Waals surface area (Å²) >= 11 is 12.5. The highest BCUT2D eigenvalue weighted by atomic mass is 35.5. The highest BCUT2D eigenvalue weighted by molar-refractivity contribution is 6.31. The number of halogens is 3. The molecule has 0 radical (unpaired) electrons. The van der Waals surface area contributed by atoms with Gasteiger partial charge in [0, 0.05) is 28.4 Å². The number of rotatable bonds is 4. The molecule has 0 aromatic heterocycles. The van der Waals surface area contributed by atoms with Crippen molar-refractivity contribution in [1.29, 1.82) is 0 Å². The van der Waals surface area contributed by atoms with E-state index >= 15 is 4.39 Å². The fourth-order valence-corrected chi connectivity index (χ4v) is 6.36. The van der Waals surface area contributed by atoms with E-state index in [1.165, 1.54) is 6.07 Å². The molecule has 2 amide bonds. The summed E-state index contributed by atoms with van der Waals surface area (Å²) in [6.07, 6.45) is 0.551. The summed E-state index contributed by atoms with van der Waals surface area (Å²) in [7, 11) is 0. The number of hydrogen-bond donors (Lipinski definition) is 3. The summed E-state index contributed by atoms with van der Waals surface area (Å²) in [6.45, 7) is 8.19. The quantitative estimate of drug-likeness (QED) is 0.331. The lowest BCUT2D eigenvalue weighted by Gasteiger charge is -2.37. The van der Waals surface area contributed by atoms with Gasteiger partial charge >= 0.3 is 0 Å². The van der Waals surface area contributed by atoms with Crippen molar-refractivity contribution in [3.8, 4) is 0 Å². The highest BCUT2D eigenvalue weighted by Crippen LogP contribution is 2.57. The van der Waals surface area contributed by atoms with E-state index in [1.54, 1.807) is 24.3 Å². The molecule has 1 unspecified atom stereocenters. The molecule has 2 heterocycles. The molecule has 198 valence electrons. The number of aryl methyl sites for hydroxylation is 1. The van der Waals surface area contributed by atoms with Gasteiger partial charge in [-0.25, -0.2) is 4.39 Å². The Morgan fingerprint density at radius 3 is 2.47 bits per heavy atom. The van der Waals surface area contributed by atoms with Gasteiger partial charge in [0.25, 0.3) is 0 Å². The van der Waals surface area contributed by atoms with Crippen LogP contribution in [-0.4, -0.2) is 23.9 Å². The molecule has 4 atom stereocenters. The van der Waals surface area contributed by atoms with Crippen molar-refractivity contribution >= 4 is 46.4 Å². The highest BCUT2D eigenvalue weighted by Gasteiger charge is 2.66. The van der Waals surface area contributed by atoms with E-state index in [-0.39, 0.29) is 27.8 Å². The smallest absolute Gasteiger partial charge is 0.242 e. The number of hydrogen-bond acceptors (Lipinski definition) is 3. The zero-order chi connectivity index (χ0) is 27.4. The molecule has 5 rings (SSSR count). The van der Waals surface area contributed by atoms with E-state index < -0.39 is 29.2 Å². The largest absolute Gasteiger partial charge is 0.325 e. The van der Waals surface area contributed by atoms with Crippen LogP contribution in [0.25, 0.3) is 0 Å². The SMILES string of the molecule is Cc1ccc(NC(=O)[C@@H]2N[C@@H](CC(C)(C)C)C3(C(=O)Nc4cc(Cl)ccc43)[C@H]2c2cccc(Cl)c2F)cc1. The Kier molecular flexibility index (Phi) is 6.79. The lowest BCUT2D eigenvalue weighted by atomic mass is 9.62. The van der Waals surface area contributed by atoms with Gasteiger partial charge in [0.05, 0.1) is 11.1 Å². The van der Waals surface area contributed by atoms with Crippen LogP contribution in [0.3, 0.4) is 0 Å². The Labute approximate surface area is 232 Å². The fraction of sp³-hybridized carbons (Fsp3) is 0.333. The number of anilines is 2. The maximum atomic E-state index is 15.8. The Morgan fingerprint density at radius 2 is 1.79 bits per heavy atom. The summed E-state index contributed by atoms with van der Waals surface area (Å²) < 4.78 is 15.8. The summed E-state index contributed by atoms with van der Waals surface area (Å²) in [5.41, 5.74) is 1.64. The van der Waals surface area contributed by atoms with Crippen molar-refractivity contribution in [1.82, 2.24) is 5.32 Å². The van der Waals surface area contributed by atoms with Gasteiger partial charge in [0.1, 0.15) is 11.2 Å². The monoisotopic (exact) mass is 553 g/mol. The summed E-state index contributed by atoms with van der Waals surface area (Å²) in [4.78, 5) is 28.0. The van der Waals surface area contributed by atoms with Crippen LogP contribution in [0.2, 0.25) is 10.0 Å². The number of carbonyl (C=O) groups is 2. The van der Waals surface area contributed by atoms with Gasteiger partial charge in [-0.2, -0.15) is 0 Å². The Morgan fingerprint density at radius 1 is 1.08 bits per heavy atom.